The molecule has 0 bridgehead atoms. The van der Waals surface area contributed by atoms with Gasteiger partial charge >= 0.3 is 5.97 Å². The van der Waals surface area contributed by atoms with Gasteiger partial charge < -0.3 is 4.74 Å². The lowest BCUT2D eigenvalue weighted by atomic mass is 9.96. The molecule has 0 saturated heterocycles. The number of esters is 1. The normalized spacial score (nSPS) is 16.4. The van der Waals surface area contributed by atoms with Crippen molar-refractivity contribution in [2.24, 2.45) is 0 Å². The molecular formula is C18H28N2O4S. The number of carbonyl (C=O) groups is 1. The van der Waals surface area contributed by atoms with Gasteiger partial charge in [-0.1, -0.05) is 43.5 Å². The lowest BCUT2D eigenvalue weighted by Crippen LogP contribution is -2.48. The molecule has 1 aromatic rings. The molecule has 2 rings (SSSR count). The largest absolute Gasteiger partial charge is 0.468 e. The summed E-state index contributed by atoms with van der Waals surface area (Å²) in [4.78, 5) is 11.8. The standard InChI is InChI=1S/C18H28N2O4S/c1-15-9-7-8-10-16(15)13-20(14-18(21)24-3)25(22,23)19(2)17-11-5-4-6-12-17/h7-10,17H,4-6,11-14H2,1-3H3. The maximum absolute atomic E-state index is 13.1. The number of hydrogen-bond donors (Lipinski definition) is 0. The van der Waals surface area contributed by atoms with Crippen LogP contribution in [0.5, 0.6) is 0 Å². The zero-order valence-corrected chi connectivity index (χ0v) is 16.1. The number of hydrogen-bond acceptors (Lipinski definition) is 4. The Bertz CT molecular complexity index is 684. The first-order valence-electron chi connectivity index (χ1n) is 8.70. The second kappa shape index (κ2) is 8.78. The van der Waals surface area contributed by atoms with E-state index >= 15 is 0 Å². The highest BCUT2D eigenvalue weighted by Crippen LogP contribution is 2.25. The van der Waals surface area contributed by atoms with E-state index in [9.17, 15) is 13.2 Å². The maximum Gasteiger partial charge on any atom is 0.321 e. The minimum absolute atomic E-state index is 0.00392. The van der Waals surface area contributed by atoms with Gasteiger partial charge in [0.25, 0.3) is 10.2 Å². The average Bonchev–Trinajstić information content (AvgIpc) is 2.62. The molecule has 1 saturated carbocycles. The van der Waals surface area contributed by atoms with E-state index in [-0.39, 0.29) is 19.1 Å². The number of nitrogens with zero attached hydrogens (tertiary/aromatic N) is 2. The Labute approximate surface area is 150 Å². The number of carbonyl (C=O) groups excluding carboxylic acids is 1. The van der Waals surface area contributed by atoms with Crippen LogP contribution >= 0.6 is 0 Å². The molecular weight excluding hydrogens is 340 g/mol. The smallest absolute Gasteiger partial charge is 0.321 e. The molecule has 1 aliphatic rings. The SMILES string of the molecule is COC(=O)CN(Cc1ccccc1C)S(=O)(=O)N(C)C1CCCCC1. The molecule has 0 unspecified atom stereocenters. The summed E-state index contributed by atoms with van der Waals surface area (Å²) in [5, 5.41) is 0. The number of aryl methyl sites for hydroxylation is 1. The number of rotatable bonds is 7. The summed E-state index contributed by atoms with van der Waals surface area (Å²) in [6, 6.07) is 7.59. The monoisotopic (exact) mass is 368 g/mol. The van der Waals surface area contributed by atoms with Crippen molar-refractivity contribution < 1.29 is 17.9 Å². The summed E-state index contributed by atoms with van der Waals surface area (Å²) in [5.41, 5.74) is 1.87. The third-order valence-corrected chi connectivity index (χ3v) is 6.86. The molecule has 0 radical (unpaired) electrons. The van der Waals surface area contributed by atoms with Gasteiger partial charge in [-0.25, -0.2) is 0 Å². The Morgan fingerprint density at radius 3 is 2.44 bits per heavy atom. The van der Waals surface area contributed by atoms with Crippen LogP contribution in [0.2, 0.25) is 0 Å². The Morgan fingerprint density at radius 1 is 1.20 bits per heavy atom. The number of methoxy groups -OCH3 is 1. The molecule has 0 heterocycles. The molecule has 0 amide bonds. The van der Waals surface area contributed by atoms with Crippen molar-refractivity contribution in [1.29, 1.82) is 0 Å². The topological polar surface area (TPSA) is 66.9 Å². The lowest BCUT2D eigenvalue weighted by molar-refractivity contribution is -0.140. The zero-order valence-electron chi connectivity index (χ0n) is 15.3. The Hall–Kier alpha value is -1.44. The van der Waals surface area contributed by atoms with Gasteiger partial charge in [0.1, 0.15) is 6.54 Å². The average molecular weight is 368 g/mol. The molecule has 0 atom stereocenters. The van der Waals surface area contributed by atoms with E-state index in [1.54, 1.807) is 7.05 Å². The van der Waals surface area contributed by atoms with Crippen LogP contribution in [0.1, 0.15) is 43.2 Å². The maximum atomic E-state index is 13.1. The molecule has 0 aliphatic heterocycles. The van der Waals surface area contributed by atoms with Gasteiger partial charge in [0.2, 0.25) is 0 Å². The van der Waals surface area contributed by atoms with Gasteiger partial charge in [-0.3, -0.25) is 4.79 Å². The second-order valence-corrected chi connectivity index (χ2v) is 8.57. The number of benzene rings is 1. The van der Waals surface area contributed by atoms with Crippen molar-refractivity contribution in [3.63, 3.8) is 0 Å². The molecule has 140 valence electrons. The summed E-state index contributed by atoms with van der Waals surface area (Å²) >= 11 is 0. The van der Waals surface area contributed by atoms with E-state index in [1.807, 2.05) is 31.2 Å². The van der Waals surface area contributed by atoms with E-state index in [0.29, 0.717) is 0 Å². The van der Waals surface area contributed by atoms with E-state index in [2.05, 4.69) is 0 Å². The van der Waals surface area contributed by atoms with Crippen LogP contribution in [0.3, 0.4) is 0 Å². The summed E-state index contributed by atoms with van der Waals surface area (Å²) in [5.74, 6) is -0.561. The van der Waals surface area contributed by atoms with Gasteiger partial charge in [-0.15, -0.1) is 0 Å². The highest BCUT2D eigenvalue weighted by atomic mass is 32.2. The van der Waals surface area contributed by atoms with Crippen LogP contribution in [0, 0.1) is 6.92 Å². The summed E-state index contributed by atoms with van der Waals surface area (Å²) in [6.07, 6.45) is 4.97. The molecule has 7 heteroatoms. The van der Waals surface area contributed by atoms with E-state index in [4.69, 9.17) is 4.74 Å². The fourth-order valence-electron chi connectivity index (χ4n) is 3.22. The first kappa shape index (κ1) is 19.9. The van der Waals surface area contributed by atoms with Crippen molar-refractivity contribution in [1.82, 2.24) is 8.61 Å². The molecule has 0 N–H and O–H groups in total. The zero-order chi connectivity index (χ0) is 18.4. The van der Waals surface area contributed by atoms with Crippen molar-refractivity contribution >= 4 is 16.2 Å². The molecule has 25 heavy (non-hydrogen) atoms. The van der Waals surface area contributed by atoms with Crippen LogP contribution in [0.4, 0.5) is 0 Å². The van der Waals surface area contributed by atoms with Gasteiger partial charge in [0.15, 0.2) is 0 Å². The number of ether oxygens (including phenoxy) is 1. The van der Waals surface area contributed by atoms with E-state index < -0.39 is 16.2 Å². The third kappa shape index (κ3) is 5.03. The Kier molecular flexibility index (Phi) is 6.98. The molecule has 1 aromatic carbocycles. The molecule has 0 spiro atoms. The quantitative estimate of drug-likeness (QED) is 0.694. The highest BCUT2D eigenvalue weighted by Gasteiger charge is 2.34. The van der Waals surface area contributed by atoms with Gasteiger partial charge in [-0.2, -0.15) is 17.0 Å². The van der Waals surface area contributed by atoms with Crippen molar-refractivity contribution in [2.75, 3.05) is 20.7 Å². The minimum Gasteiger partial charge on any atom is -0.468 e. The van der Waals surface area contributed by atoms with Gasteiger partial charge in [0.05, 0.1) is 7.11 Å². The summed E-state index contributed by atoms with van der Waals surface area (Å²) in [7, 11) is -0.867. The Morgan fingerprint density at radius 2 is 1.84 bits per heavy atom. The first-order valence-corrected chi connectivity index (χ1v) is 10.1. The predicted octanol–water partition coefficient (Wildman–Crippen LogP) is 2.48. The minimum atomic E-state index is -3.75. The Balaban J connectivity index is 2.26. The fraction of sp³-hybridized carbons (Fsp3) is 0.611. The molecule has 6 nitrogen and oxygen atoms in total. The van der Waals surface area contributed by atoms with E-state index in [1.165, 1.54) is 15.7 Å². The summed E-state index contributed by atoms with van der Waals surface area (Å²) < 4.78 is 33.6. The van der Waals surface area contributed by atoms with Crippen LogP contribution < -0.4 is 0 Å². The van der Waals surface area contributed by atoms with Gasteiger partial charge in [0, 0.05) is 19.6 Å². The van der Waals surface area contributed by atoms with E-state index in [0.717, 1.165) is 43.2 Å². The van der Waals surface area contributed by atoms with Crippen molar-refractivity contribution in [2.45, 2.75) is 51.6 Å². The van der Waals surface area contributed by atoms with Crippen molar-refractivity contribution in [3.8, 4) is 0 Å². The molecule has 1 fully saturated rings. The fourth-order valence-corrected chi connectivity index (χ4v) is 4.74. The van der Waals surface area contributed by atoms with Crippen LogP contribution in [-0.4, -0.2) is 49.7 Å². The highest BCUT2D eigenvalue weighted by molar-refractivity contribution is 7.86. The third-order valence-electron chi connectivity index (χ3n) is 4.92. The first-order chi connectivity index (χ1) is 11.9. The predicted molar refractivity (Wildman–Crippen MR) is 97.2 cm³/mol. The molecule has 0 aromatic heterocycles. The van der Waals surface area contributed by atoms with Crippen LogP contribution in [0.15, 0.2) is 24.3 Å². The second-order valence-electron chi connectivity index (χ2n) is 6.59. The van der Waals surface area contributed by atoms with Crippen LogP contribution in [-0.2, 0) is 26.3 Å². The van der Waals surface area contributed by atoms with Gasteiger partial charge in [-0.05, 0) is 30.9 Å². The molecule has 1 aliphatic carbocycles. The van der Waals surface area contributed by atoms with Crippen LogP contribution in [0.25, 0.3) is 0 Å². The van der Waals surface area contributed by atoms with Crippen molar-refractivity contribution in [3.05, 3.63) is 35.4 Å². The summed E-state index contributed by atoms with van der Waals surface area (Å²) in [6.45, 7) is 1.80. The lowest BCUT2D eigenvalue weighted by Gasteiger charge is -2.34.